The average molecular weight is 327 g/mol. The summed E-state index contributed by atoms with van der Waals surface area (Å²) in [6.07, 6.45) is -0.712. The number of hydrogen-bond donors (Lipinski definition) is 2. The van der Waals surface area contributed by atoms with Gasteiger partial charge in [0.25, 0.3) is 0 Å². The molecule has 0 radical (unpaired) electrons. The molecule has 1 atom stereocenters. The van der Waals surface area contributed by atoms with Crippen LogP contribution in [0.3, 0.4) is 0 Å². The summed E-state index contributed by atoms with van der Waals surface area (Å²) in [7, 11) is 0. The summed E-state index contributed by atoms with van der Waals surface area (Å²) in [5.41, 5.74) is -0.515. The number of benzene rings is 2. The van der Waals surface area contributed by atoms with Crippen molar-refractivity contribution in [3.63, 3.8) is 0 Å². The minimum absolute atomic E-state index is 0.495. The molecule has 4 nitrogen and oxygen atoms in total. The van der Waals surface area contributed by atoms with E-state index in [4.69, 9.17) is 16.3 Å². The van der Waals surface area contributed by atoms with Gasteiger partial charge in [0, 0.05) is 5.02 Å². The molecular formula is C15H13ClF2N2O2. The topological polar surface area (TPSA) is 50.4 Å². The highest BCUT2D eigenvalue weighted by Crippen LogP contribution is 2.18. The van der Waals surface area contributed by atoms with Crippen molar-refractivity contribution < 1.29 is 18.3 Å². The minimum Gasteiger partial charge on any atom is -0.471 e. The van der Waals surface area contributed by atoms with Crippen molar-refractivity contribution in [3.05, 3.63) is 59.1 Å². The number of rotatable bonds is 4. The van der Waals surface area contributed by atoms with Gasteiger partial charge in [0.1, 0.15) is 23.1 Å². The number of amides is 2. The molecule has 0 fully saturated rings. The third kappa shape index (κ3) is 4.33. The SMILES string of the molecule is CC(NC(=O)Nc1c(F)cccc1F)Oc1ccc(Cl)cc1. The lowest BCUT2D eigenvalue weighted by molar-refractivity contribution is 0.183. The summed E-state index contributed by atoms with van der Waals surface area (Å²) >= 11 is 5.75. The number of hydrogen-bond acceptors (Lipinski definition) is 2. The first-order valence-electron chi connectivity index (χ1n) is 6.39. The van der Waals surface area contributed by atoms with Gasteiger partial charge in [-0.05, 0) is 43.3 Å². The van der Waals surface area contributed by atoms with Gasteiger partial charge in [-0.3, -0.25) is 0 Å². The maximum Gasteiger partial charge on any atom is 0.322 e. The predicted octanol–water partition coefficient (Wildman–Crippen LogP) is 4.16. The second-order valence-electron chi connectivity index (χ2n) is 4.41. The Kier molecular flexibility index (Phi) is 5.16. The van der Waals surface area contributed by atoms with E-state index in [0.29, 0.717) is 10.8 Å². The van der Waals surface area contributed by atoms with E-state index in [0.717, 1.165) is 12.1 Å². The zero-order chi connectivity index (χ0) is 16.1. The van der Waals surface area contributed by atoms with Crippen LogP contribution in [0.2, 0.25) is 5.02 Å². The van der Waals surface area contributed by atoms with E-state index in [-0.39, 0.29) is 0 Å². The fraction of sp³-hybridized carbons (Fsp3) is 0.133. The zero-order valence-corrected chi connectivity index (χ0v) is 12.3. The highest BCUT2D eigenvalue weighted by atomic mass is 35.5. The molecule has 0 aliphatic carbocycles. The summed E-state index contributed by atoms with van der Waals surface area (Å²) in [4.78, 5) is 11.7. The fourth-order valence-electron chi connectivity index (χ4n) is 1.70. The molecule has 2 aromatic carbocycles. The highest BCUT2D eigenvalue weighted by Gasteiger charge is 2.14. The van der Waals surface area contributed by atoms with Crippen molar-refractivity contribution in [2.24, 2.45) is 0 Å². The van der Waals surface area contributed by atoms with Gasteiger partial charge in [-0.15, -0.1) is 0 Å². The molecule has 0 heterocycles. The molecule has 2 rings (SSSR count). The Morgan fingerprint density at radius 2 is 1.73 bits per heavy atom. The first kappa shape index (κ1) is 16.0. The van der Waals surface area contributed by atoms with Gasteiger partial charge in [0.05, 0.1) is 0 Å². The highest BCUT2D eigenvalue weighted by molar-refractivity contribution is 6.30. The smallest absolute Gasteiger partial charge is 0.322 e. The predicted molar refractivity (Wildman–Crippen MR) is 80.1 cm³/mol. The largest absolute Gasteiger partial charge is 0.471 e. The second-order valence-corrected chi connectivity index (χ2v) is 4.85. The fourth-order valence-corrected chi connectivity index (χ4v) is 1.82. The van der Waals surface area contributed by atoms with Crippen molar-refractivity contribution in [1.29, 1.82) is 0 Å². The molecule has 0 aliphatic heterocycles. The van der Waals surface area contributed by atoms with Crippen molar-refractivity contribution >= 4 is 23.3 Å². The van der Waals surface area contributed by atoms with E-state index in [9.17, 15) is 13.6 Å². The van der Waals surface area contributed by atoms with Gasteiger partial charge in [-0.25, -0.2) is 13.6 Å². The number of nitrogens with one attached hydrogen (secondary N) is 2. The van der Waals surface area contributed by atoms with Crippen LogP contribution in [0.5, 0.6) is 5.75 Å². The first-order chi connectivity index (χ1) is 10.5. The molecule has 0 spiro atoms. The Balaban J connectivity index is 1.92. The first-order valence-corrected chi connectivity index (χ1v) is 6.77. The monoisotopic (exact) mass is 326 g/mol. The molecule has 0 aliphatic rings. The minimum atomic E-state index is -0.860. The summed E-state index contributed by atoms with van der Waals surface area (Å²) in [6, 6.07) is 9.06. The van der Waals surface area contributed by atoms with Crippen LogP contribution in [0.1, 0.15) is 6.92 Å². The van der Waals surface area contributed by atoms with Crippen LogP contribution in [0.15, 0.2) is 42.5 Å². The molecule has 0 bridgehead atoms. The molecule has 22 heavy (non-hydrogen) atoms. The normalized spacial score (nSPS) is 11.6. The third-order valence-corrected chi connectivity index (χ3v) is 2.91. The van der Waals surface area contributed by atoms with E-state index in [1.807, 2.05) is 0 Å². The zero-order valence-electron chi connectivity index (χ0n) is 11.6. The van der Waals surface area contributed by atoms with Gasteiger partial charge >= 0.3 is 6.03 Å². The van der Waals surface area contributed by atoms with Crippen molar-refractivity contribution in [1.82, 2.24) is 5.32 Å². The van der Waals surface area contributed by atoms with E-state index < -0.39 is 29.6 Å². The summed E-state index contributed by atoms with van der Waals surface area (Å²) < 4.78 is 32.2. The van der Waals surface area contributed by atoms with Gasteiger partial charge in [-0.1, -0.05) is 17.7 Å². The Hall–Kier alpha value is -2.34. The molecule has 0 saturated heterocycles. The Labute approximate surface area is 131 Å². The average Bonchev–Trinajstić information content (AvgIpc) is 2.45. The van der Waals surface area contributed by atoms with Gasteiger partial charge < -0.3 is 15.4 Å². The van der Waals surface area contributed by atoms with Crippen LogP contribution in [0.25, 0.3) is 0 Å². The Morgan fingerprint density at radius 1 is 1.14 bits per heavy atom. The molecular weight excluding hydrogens is 314 g/mol. The summed E-state index contributed by atoms with van der Waals surface area (Å²) in [5.74, 6) is -1.22. The van der Waals surface area contributed by atoms with Gasteiger partial charge in [0.2, 0.25) is 0 Å². The molecule has 116 valence electrons. The van der Waals surface area contributed by atoms with Crippen LogP contribution in [0, 0.1) is 11.6 Å². The lowest BCUT2D eigenvalue weighted by Crippen LogP contribution is -2.39. The summed E-state index contributed by atoms with van der Waals surface area (Å²) in [5, 5.41) is 5.07. The van der Waals surface area contributed by atoms with Crippen LogP contribution in [-0.4, -0.2) is 12.3 Å². The maximum absolute atomic E-state index is 13.4. The van der Waals surface area contributed by atoms with Crippen LogP contribution in [0.4, 0.5) is 19.3 Å². The number of carbonyl (C=O) groups is 1. The lowest BCUT2D eigenvalue weighted by Gasteiger charge is -2.17. The standard InChI is InChI=1S/C15H13ClF2N2O2/c1-9(22-11-7-5-10(16)6-8-11)19-15(21)20-14-12(17)3-2-4-13(14)18/h2-9H,1H3,(H2,19,20,21). The van der Waals surface area contributed by atoms with E-state index in [1.165, 1.54) is 6.07 Å². The van der Waals surface area contributed by atoms with Crippen molar-refractivity contribution in [3.8, 4) is 5.75 Å². The maximum atomic E-state index is 13.4. The number of halogens is 3. The van der Waals surface area contributed by atoms with E-state index in [2.05, 4.69) is 10.6 Å². The number of ether oxygens (including phenoxy) is 1. The number of carbonyl (C=O) groups excluding carboxylic acids is 1. The van der Waals surface area contributed by atoms with Crippen molar-refractivity contribution in [2.45, 2.75) is 13.2 Å². The summed E-state index contributed by atoms with van der Waals surface area (Å²) in [6.45, 7) is 1.58. The van der Waals surface area contributed by atoms with Crippen LogP contribution < -0.4 is 15.4 Å². The number of urea groups is 1. The second kappa shape index (κ2) is 7.09. The van der Waals surface area contributed by atoms with E-state index >= 15 is 0 Å². The van der Waals surface area contributed by atoms with Gasteiger partial charge in [-0.2, -0.15) is 0 Å². The van der Waals surface area contributed by atoms with E-state index in [1.54, 1.807) is 31.2 Å². The van der Waals surface area contributed by atoms with Crippen LogP contribution in [-0.2, 0) is 0 Å². The van der Waals surface area contributed by atoms with Gasteiger partial charge in [0.15, 0.2) is 6.23 Å². The molecule has 2 aromatic rings. The Morgan fingerprint density at radius 3 is 2.32 bits per heavy atom. The number of anilines is 1. The van der Waals surface area contributed by atoms with Crippen LogP contribution >= 0.6 is 11.6 Å². The van der Waals surface area contributed by atoms with Crippen molar-refractivity contribution in [2.75, 3.05) is 5.32 Å². The molecule has 0 saturated carbocycles. The molecule has 7 heteroatoms. The molecule has 0 aromatic heterocycles. The molecule has 1 unspecified atom stereocenters. The number of para-hydroxylation sites is 1. The third-order valence-electron chi connectivity index (χ3n) is 2.66. The molecule has 2 N–H and O–H groups in total. The lowest BCUT2D eigenvalue weighted by atomic mass is 10.3. The quantitative estimate of drug-likeness (QED) is 0.829. The molecule has 2 amide bonds. The Bertz CT molecular complexity index is 645.